The molecule has 0 unspecified atom stereocenters. The van der Waals surface area contributed by atoms with Gasteiger partial charge in [-0.25, -0.2) is 4.39 Å². The van der Waals surface area contributed by atoms with Gasteiger partial charge in [0, 0.05) is 17.4 Å². The van der Waals surface area contributed by atoms with Crippen LogP contribution in [0.1, 0.15) is 25.3 Å². The van der Waals surface area contributed by atoms with Gasteiger partial charge in [-0.3, -0.25) is 4.79 Å². The Kier molecular flexibility index (Phi) is 6.90. The monoisotopic (exact) mass is 317 g/mol. The van der Waals surface area contributed by atoms with Gasteiger partial charge >= 0.3 is 5.97 Å². The minimum Gasteiger partial charge on any atom is -0.466 e. The Hall–Kier alpha value is -0.940. The van der Waals surface area contributed by atoms with Crippen molar-refractivity contribution in [3.05, 3.63) is 34.1 Å². The third kappa shape index (κ3) is 6.12. The highest BCUT2D eigenvalue weighted by Gasteiger charge is 2.01. The van der Waals surface area contributed by atoms with Crippen molar-refractivity contribution in [3.8, 4) is 0 Å². The largest absolute Gasteiger partial charge is 0.466 e. The number of hydrogen-bond acceptors (Lipinski definition) is 3. The van der Waals surface area contributed by atoms with Gasteiger partial charge in [-0.1, -0.05) is 15.9 Å². The first-order valence-electron chi connectivity index (χ1n) is 5.93. The van der Waals surface area contributed by atoms with Crippen LogP contribution >= 0.6 is 15.9 Å². The fourth-order valence-electron chi connectivity index (χ4n) is 1.54. The van der Waals surface area contributed by atoms with Crippen molar-refractivity contribution in [2.24, 2.45) is 0 Å². The minimum absolute atomic E-state index is 0.173. The molecular weight excluding hydrogens is 301 g/mol. The molecular formula is C13H17BrFNO2. The van der Waals surface area contributed by atoms with Crippen LogP contribution in [0.5, 0.6) is 0 Å². The lowest BCUT2D eigenvalue weighted by Gasteiger charge is -2.06. The van der Waals surface area contributed by atoms with E-state index in [1.807, 2.05) is 6.07 Å². The van der Waals surface area contributed by atoms with E-state index in [9.17, 15) is 9.18 Å². The molecule has 1 aromatic rings. The van der Waals surface area contributed by atoms with E-state index in [2.05, 4.69) is 21.2 Å². The molecule has 0 atom stereocenters. The molecule has 100 valence electrons. The first kappa shape index (κ1) is 15.1. The molecule has 0 aromatic heterocycles. The molecule has 5 heteroatoms. The zero-order chi connectivity index (χ0) is 13.4. The fraction of sp³-hybridized carbons (Fsp3) is 0.462. The van der Waals surface area contributed by atoms with Crippen molar-refractivity contribution < 1.29 is 13.9 Å². The average Bonchev–Trinajstić information content (AvgIpc) is 2.27. The van der Waals surface area contributed by atoms with Crippen molar-refractivity contribution in [1.82, 2.24) is 5.32 Å². The summed E-state index contributed by atoms with van der Waals surface area (Å²) >= 11 is 3.24. The Morgan fingerprint density at radius 2 is 2.22 bits per heavy atom. The van der Waals surface area contributed by atoms with Gasteiger partial charge in [-0.2, -0.15) is 0 Å². The van der Waals surface area contributed by atoms with E-state index in [0.717, 1.165) is 16.5 Å². The van der Waals surface area contributed by atoms with Gasteiger partial charge in [-0.15, -0.1) is 0 Å². The lowest BCUT2D eigenvalue weighted by Crippen LogP contribution is -2.16. The zero-order valence-corrected chi connectivity index (χ0v) is 11.9. The fourth-order valence-corrected chi connectivity index (χ4v) is 2.05. The average molecular weight is 318 g/mol. The van der Waals surface area contributed by atoms with Gasteiger partial charge in [0.2, 0.25) is 0 Å². The molecule has 0 bridgehead atoms. The zero-order valence-electron chi connectivity index (χ0n) is 10.3. The summed E-state index contributed by atoms with van der Waals surface area (Å²) in [6.07, 6.45) is 1.13. The van der Waals surface area contributed by atoms with Gasteiger partial charge in [0.1, 0.15) is 5.82 Å². The van der Waals surface area contributed by atoms with Crippen molar-refractivity contribution in [3.63, 3.8) is 0 Å². The Morgan fingerprint density at radius 1 is 1.44 bits per heavy atom. The number of halogens is 2. The van der Waals surface area contributed by atoms with Crippen molar-refractivity contribution in [2.45, 2.75) is 26.3 Å². The summed E-state index contributed by atoms with van der Waals surface area (Å²) in [6, 6.07) is 4.77. The van der Waals surface area contributed by atoms with Crippen LogP contribution < -0.4 is 5.32 Å². The maximum atomic E-state index is 13.1. The molecule has 0 spiro atoms. The van der Waals surface area contributed by atoms with E-state index in [1.54, 1.807) is 6.92 Å². The maximum Gasteiger partial charge on any atom is 0.305 e. The Morgan fingerprint density at radius 3 is 2.89 bits per heavy atom. The SMILES string of the molecule is CCOC(=O)CCCNCc1cc(F)cc(Br)c1. The Balaban J connectivity index is 2.19. The number of esters is 1. The predicted octanol–water partition coefficient (Wildman–Crippen LogP) is 3.02. The second-order valence-electron chi connectivity index (χ2n) is 3.86. The Labute approximate surface area is 115 Å². The highest BCUT2D eigenvalue weighted by atomic mass is 79.9. The molecule has 0 heterocycles. The van der Waals surface area contributed by atoms with E-state index in [0.29, 0.717) is 26.1 Å². The quantitative estimate of drug-likeness (QED) is 0.620. The molecule has 0 saturated heterocycles. The van der Waals surface area contributed by atoms with Crippen LogP contribution in [-0.4, -0.2) is 19.1 Å². The lowest BCUT2D eigenvalue weighted by molar-refractivity contribution is -0.143. The van der Waals surface area contributed by atoms with Gasteiger partial charge in [0.15, 0.2) is 0 Å². The molecule has 0 aliphatic carbocycles. The van der Waals surface area contributed by atoms with Crippen LogP contribution in [0.4, 0.5) is 4.39 Å². The lowest BCUT2D eigenvalue weighted by atomic mass is 10.2. The highest BCUT2D eigenvalue weighted by molar-refractivity contribution is 9.10. The summed E-state index contributed by atoms with van der Waals surface area (Å²) in [5, 5.41) is 3.16. The van der Waals surface area contributed by atoms with Gasteiger partial charge in [0.05, 0.1) is 6.61 Å². The molecule has 3 nitrogen and oxygen atoms in total. The molecule has 18 heavy (non-hydrogen) atoms. The van der Waals surface area contributed by atoms with Crippen LogP contribution in [0.25, 0.3) is 0 Å². The number of nitrogens with one attached hydrogen (secondary N) is 1. The van der Waals surface area contributed by atoms with Crippen LogP contribution in [-0.2, 0) is 16.1 Å². The summed E-state index contributed by atoms with van der Waals surface area (Å²) in [4.78, 5) is 11.1. The van der Waals surface area contributed by atoms with Crippen molar-refractivity contribution in [2.75, 3.05) is 13.2 Å². The highest BCUT2D eigenvalue weighted by Crippen LogP contribution is 2.14. The van der Waals surface area contributed by atoms with Gasteiger partial charge in [0.25, 0.3) is 0 Å². The topological polar surface area (TPSA) is 38.3 Å². The van der Waals surface area contributed by atoms with Crippen LogP contribution in [0.2, 0.25) is 0 Å². The summed E-state index contributed by atoms with van der Waals surface area (Å²) < 4.78 is 18.6. The van der Waals surface area contributed by atoms with Gasteiger partial charge < -0.3 is 10.1 Å². The van der Waals surface area contributed by atoms with Crippen molar-refractivity contribution in [1.29, 1.82) is 0 Å². The maximum absolute atomic E-state index is 13.1. The molecule has 0 saturated carbocycles. The van der Waals surface area contributed by atoms with Crippen molar-refractivity contribution >= 4 is 21.9 Å². The second kappa shape index (κ2) is 8.21. The predicted molar refractivity (Wildman–Crippen MR) is 71.7 cm³/mol. The molecule has 1 rings (SSSR count). The summed E-state index contributed by atoms with van der Waals surface area (Å²) in [7, 11) is 0. The van der Waals surface area contributed by atoms with E-state index in [1.165, 1.54) is 12.1 Å². The minimum atomic E-state index is -0.257. The van der Waals surface area contributed by atoms with E-state index >= 15 is 0 Å². The molecule has 0 aliphatic heterocycles. The van der Waals surface area contributed by atoms with E-state index in [4.69, 9.17) is 4.74 Å². The van der Waals surface area contributed by atoms with Gasteiger partial charge in [-0.05, 0) is 43.7 Å². The molecule has 0 radical (unpaired) electrons. The number of ether oxygens (including phenoxy) is 1. The Bertz CT molecular complexity index is 378. The number of carbonyl (C=O) groups excluding carboxylic acids is 1. The number of rotatable bonds is 7. The molecule has 1 aromatic carbocycles. The summed E-state index contributed by atoms with van der Waals surface area (Å²) in [5.74, 6) is -0.430. The van der Waals surface area contributed by atoms with Crippen LogP contribution in [0.3, 0.4) is 0 Å². The smallest absolute Gasteiger partial charge is 0.305 e. The van der Waals surface area contributed by atoms with E-state index < -0.39 is 0 Å². The standard InChI is InChI=1S/C13H17BrFNO2/c1-2-18-13(17)4-3-5-16-9-10-6-11(14)8-12(15)7-10/h6-8,16H,2-5,9H2,1H3. The number of benzene rings is 1. The van der Waals surface area contributed by atoms with Crippen LogP contribution in [0.15, 0.2) is 22.7 Å². The summed E-state index contributed by atoms with van der Waals surface area (Å²) in [5.41, 5.74) is 0.873. The second-order valence-corrected chi connectivity index (χ2v) is 4.78. The molecule has 0 aliphatic rings. The first-order valence-corrected chi connectivity index (χ1v) is 6.72. The first-order chi connectivity index (χ1) is 8.61. The third-order valence-corrected chi connectivity index (χ3v) is 2.75. The number of hydrogen-bond donors (Lipinski definition) is 1. The summed E-state index contributed by atoms with van der Waals surface area (Å²) in [6.45, 7) is 3.49. The van der Waals surface area contributed by atoms with E-state index in [-0.39, 0.29) is 11.8 Å². The van der Waals surface area contributed by atoms with Crippen LogP contribution in [0, 0.1) is 5.82 Å². The molecule has 0 amide bonds. The number of carbonyl (C=O) groups is 1. The molecule has 1 N–H and O–H groups in total. The normalized spacial score (nSPS) is 10.4. The molecule has 0 fully saturated rings. The third-order valence-electron chi connectivity index (χ3n) is 2.29.